The van der Waals surface area contributed by atoms with Gasteiger partial charge in [-0.15, -0.1) is 0 Å². The number of rotatable bonds is 10. The lowest BCUT2D eigenvalue weighted by Gasteiger charge is -2.24. The minimum Gasteiger partial charge on any atom is -0.377 e. The number of amides is 1. The molecule has 27 heavy (non-hydrogen) atoms. The third-order valence-corrected chi connectivity index (χ3v) is 4.03. The van der Waals surface area contributed by atoms with Gasteiger partial charge in [-0.1, -0.05) is 12.1 Å². The summed E-state index contributed by atoms with van der Waals surface area (Å²) in [5.41, 5.74) is 1.36. The third-order valence-electron chi connectivity index (χ3n) is 4.03. The zero-order valence-electron chi connectivity index (χ0n) is 17.6. The Morgan fingerprint density at radius 3 is 2.59 bits per heavy atom. The molecule has 0 radical (unpaired) electrons. The van der Waals surface area contributed by atoms with Gasteiger partial charge >= 0.3 is 0 Å². The van der Waals surface area contributed by atoms with Gasteiger partial charge in [-0.3, -0.25) is 4.79 Å². The van der Waals surface area contributed by atoms with E-state index in [4.69, 9.17) is 4.74 Å². The molecule has 0 aliphatic rings. The van der Waals surface area contributed by atoms with E-state index in [1.807, 2.05) is 64.0 Å². The van der Waals surface area contributed by atoms with E-state index >= 15 is 0 Å². The molecular formula is C20H35N5O2. The number of methoxy groups -OCH3 is 1. The van der Waals surface area contributed by atoms with Crippen molar-refractivity contribution < 1.29 is 9.53 Å². The quantitative estimate of drug-likeness (QED) is 0.425. The fourth-order valence-electron chi connectivity index (χ4n) is 2.19. The van der Waals surface area contributed by atoms with Crippen LogP contribution in [0.4, 0.5) is 0 Å². The second-order valence-electron chi connectivity index (χ2n) is 7.27. The molecule has 0 aliphatic carbocycles. The van der Waals surface area contributed by atoms with E-state index in [-0.39, 0.29) is 11.5 Å². The van der Waals surface area contributed by atoms with Crippen molar-refractivity contribution in [2.45, 2.75) is 32.9 Å². The summed E-state index contributed by atoms with van der Waals surface area (Å²) in [5, 5.41) is 9.44. The third kappa shape index (κ3) is 9.40. The van der Waals surface area contributed by atoms with Gasteiger partial charge in [-0.05, 0) is 52.6 Å². The van der Waals surface area contributed by atoms with Crippen LogP contribution in [-0.4, -0.2) is 69.8 Å². The second kappa shape index (κ2) is 11.6. The van der Waals surface area contributed by atoms with E-state index in [0.29, 0.717) is 25.2 Å². The zero-order chi connectivity index (χ0) is 20.3. The first-order valence-corrected chi connectivity index (χ1v) is 9.36. The summed E-state index contributed by atoms with van der Waals surface area (Å²) in [6, 6.07) is 7.57. The van der Waals surface area contributed by atoms with Crippen LogP contribution in [0.1, 0.15) is 36.7 Å². The van der Waals surface area contributed by atoms with Gasteiger partial charge in [0.25, 0.3) is 5.91 Å². The van der Waals surface area contributed by atoms with Crippen molar-refractivity contribution in [3.05, 3.63) is 35.4 Å². The molecule has 7 heteroatoms. The largest absolute Gasteiger partial charge is 0.377 e. The Hall–Kier alpha value is -2.12. The van der Waals surface area contributed by atoms with Crippen LogP contribution >= 0.6 is 0 Å². The average molecular weight is 378 g/mol. The first-order valence-electron chi connectivity index (χ1n) is 9.36. The summed E-state index contributed by atoms with van der Waals surface area (Å²) in [7, 11) is 5.66. The fraction of sp³-hybridized carbons (Fsp3) is 0.600. The molecule has 7 nitrogen and oxygen atoms in total. The molecule has 0 atom stereocenters. The van der Waals surface area contributed by atoms with Crippen LogP contribution in [0.2, 0.25) is 0 Å². The molecule has 0 heterocycles. The number of ether oxygens (including phenoxy) is 1. The van der Waals surface area contributed by atoms with Crippen LogP contribution in [0, 0.1) is 0 Å². The van der Waals surface area contributed by atoms with Gasteiger partial charge in [0.1, 0.15) is 0 Å². The van der Waals surface area contributed by atoms with E-state index in [2.05, 4.69) is 20.9 Å². The molecule has 3 N–H and O–H groups in total. The van der Waals surface area contributed by atoms with Crippen LogP contribution in [0.3, 0.4) is 0 Å². The molecule has 152 valence electrons. The number of carbonyl (C=O) groups is 1. The Labute approximate surface area is 163 Å². The van der Waals surface area contributed by atoms with E-state index in [1.165, 1.54) is 0 Å². The van der Waals surface area contributed by atoms with E-state index in [0.717, 1.165) is 24.6 Å². The molecule has 0 fully saturated rings. The molecule has 0 spiro atoms. The summed E-state index contributed by atoms with van der Waals surface area (Å²) in [6.07, 6.45) is 0. The topological polar surface area (TPSA) is 78.0 Å². The lowest BCUT2D eigenvalue weighted by atomic mass is 10.1. The Kier molecular flexibility index (Phi) is 9.82. The zero-order valence-corrected chi connectivity index (χ0v) is 17.6. The molecule has 1 amide bonds. The minimum atomic E-state index is -0.277. The maximum Gasteiger partial charge on any atom is 0.251 e. The lowest BCUT2D eigenvalue weighted by Crippen LogP contribution is -2.45. The highest BCUT2D eigenvalue weighted by Crippen LogP contribution is 2.07. The van der Waals surface area contributed by atoms with Gasteiger partial charge in [0.2, 0.25) is 0 Å². The van der Waals surface area contributed by atoms with Gasteiger partial charge in [0.05, 0.1) is 12.1 Å². The molecule has 0 saturated carbocycles. The van der Waals surface area contributed by atoms with Gasteiger partial charge in [0, 0.05) is 38.9 Å². The number of aliphatic imine (C=N–C) groups is 1. The van der Waals surface area contributed by atoms with Crippen molar-refractivity contribution >= 4 is 11.9 Å². The number of carbonyl (C=O) groups excluding carboxylic acids is 1. The summed E-state index contributed by atoms with van der Waals surface area (Å²) in [4.78, 5) is 18.9. The molecule has 1 aromatic carbocycles. The number of nitrogens with zero attached hydrogens (tertiary/aromatic N) is 2. The molecular weight excluding hydrogens is 342 g/mol. The van der Waals surface area contributed by atoms with Crippen LogP contribution in [0.15, 0.2) is 29.3 Å². The van der Waals surface area contributed by atoms with Gasteiger partial charge in [-0.2, -0.15) is 0 Å². The van der Waals surface area contributed by atoms with E-state index < -0.39 is 0 Å². The van der Waals surface area contributed by atoms with Crippen LogP contribution in [-0.2, 0) is 11.3 Å². The van der Waals surface area contributed by atoms with Crippen molar-refractivity contribution in [2.24, 2.45) is 4.99 Å². The number of guanidine groups is 1. The number of benzene rings is 1. The average Bonchev–Trinajstić information content (AvgIpc) is 2.64. The second-order valence-corrected chi connectivity index (χ2v) is 7.27. The maximum atomic E-state index is 12.3. The first-order chi connectivity index (χ1) is 12.8. The number of hydrogen-bond acceptors (Lipinski definition) is 4. The number of hydrogen-bond donors (Lipinski definition) is 3. The highest BCUT2D eigenvalue weighted by molar-refractivity contribution is 5.94. The summed E-state index contributed by atoms with van der Waals surface area (Å²) in [5.74, 6) is 0.665. The number of nitrogens with one attached hydrogen (secondary N) is 3. The monoisotopic (exact) mass is 377 g/mol. The summed E-state index contributed by atoms with van der Waals surface area (Å²) in [6.45, 7) is 9.39. The van der Waals surface area contributed by atoms with Crippen molar-refractivity contribution in [2.75, 3.05) is 47.4 Å². The predicted octanol–water partition coefficient (Wildman–Crippen LogP) is 1.46. The van der Waals surface area contributed by atoms with Crippen LogP contribution in [0.5, 0.6) is 0 Å². The van der Waals surface area contributed by atoms with Crippen molar-refractivity contribution in [1.82, 2.24) is 20.9 Å². The van der Waals surface area contributed by atoms with Crippen LogP contribution in [0.25, 0.3) is 0 Å². The number of likely N-dealkylation sites (N-methyl/N-ethyl adjacent to an activating group) is 1. The van der Waals surface area contributed by atoms with Gasteiger partial charge < -0.3 is 25.6 Å². The molecule has 1 aromatic rings. The standard InChI is InChI=1S/C20H35N5O2/c1-7-21-19(24-15-20(2,3)27-6)23-14-16-9-8-10-17(13-16)18(26)22-11-12-25(4)5/h8-10,13H,7,11-12,14-15H2,1-6H3,(H,22,26)(H2,21,23,24). The Morgan fingerprint density at radius 2 is 1.96 bits per heavy atom. The highest BCUT2D eigenvalue weighted by atomic mass is 16.5. The van der Waals surface area contributed by atoms with E-state index in [1.54, 1.807) is 7.11 Å². The SMILES string of the molecule is CCNC(=NCc1cccc(C(=O)NCCN(C)C)c1)NCC(C)(C)OC. The lowest BCUT2D eigenvalue weighted by molar-refractivity contribution is 0.0268. The normalized spacial score (nSPS) is 12.2. The molecule has 1 rings (SSSR count). The summed E-state index contributed by atoms with van der Waals surface area (Å²) >= 11 is 0. The van der Waals surface area contributed by atoms with Crippen molar-refractivity contribution in [1.29, 1.82) is 0 Å². The maximum absolute atomic E-state index is 12.3. The van der Waals surface area contributed by atoms with Crippen molar-refractivity contribution in [3.63, 3.8) is 0 Å². The Balaban J connectivity index is 2.70. The molecule has 0 unspecified atom stereocenters. The highest BCUT2D eigenvalue weighted by Gasteiger charge is 2.16. The molecule has 0 saturated heterocycles. The Morgan fingerprint density at radius 1 is 1.22 bits per heavy atom. The molecule has 0 aromatic heterocycles. The van der Waals surface area contributed by atoms with Gasteiger partial charge in [0.15, 0.2) is 5.96 Å². The summed E-state index contributed by atoms with van der Waals surface area (Å²) < 4.78 is 5.43. The first kappa shape index (κ1) is 22.9. The van der Waals surface area contributed by atoms with Crippen LogP contribution < -0.4 is 16.0 Å². The fourth-order valence-corrected chi connectivity index (χ4v) is 2.19. The smallest absolute Gasteiger partial charge is 0.251 e. The minimum absolute atomic E-state index is 0.0606. The van der Waals surface area contributed by atoms with E-state index in [9.17, 15) is 4.79 Å². The van der Waals surface area contributed by atoms with Gasteiger partial charge in [-0.25, -0.2) is 4.99 Å². The Bertz CT molecular complexity index is 614. The predicted molar refractivity (Wildman–Crippen MR) is 111 cm³/mol. The van der Waals surface area contributed by atoms with Crippen molar-refractivity contribution in [3.8, 4) is 0 Å². The molecule has 0 aliphatic heterocycles. The molecule has 0 bridgehead atoms.